The Morgan fingerprint density at radius 1 is 0.950 bits per heavy atom. The van der Waals surface area contributed by atoms with Crippen LogP contribution in [0.25, 0.3) is 0 Å². The third kappa shape index (κ3) is 0.947. The molecule has 102 valence electrons. The van der Waals surface area contributed by atoms with Gasteiger partial charge in [0.25, 0.3) is 0 Å². The third-order valence-electron chi connectivity index (χ3n) is 6.69. The fourth-order valence-corrected chi connectivity index (χ4v) is 6.83. The predicted octanol–water partition coefficient (Wildman–Crippen LogP) is 3.92. The summed E-state index contributed by atoms with van der Waals surface area (Å²) in [4.78, 5) is -0.761. The van der Waals surface area contributed by atoms with Crippen molar-refractivity contribution in [2.45, 2.75) is 36.4 Å². The molecule has 20 heavy (non-hydrogen) atoms. The lowest BCUT2D eigenvalue weighted by Gasteiger charge is -2.42. The predicted molar refractivity (Wildman–Crippen MR) is 77.0 cm³/mol. The van der Waals surface area contributed by atoms with Gasteiger partial charge in [-0.25, -0.2) is 0 Å². The maximum absolute atomic E-state index is 9.14. The van der Waals surface area contributed by atoms with Crippen molar-refractivity contribution in [1.82, 2.24) is 0 Å². The summed E-state index contributed by atoms with van der Waals surface area (Å²) in [6.45, 7) is 4.39. The van der Waals surface area contributed by atoms with Crippen molar-refractivity contribution in [3.8, 4) is 12.1 Å². The Morgan fingerprint density at radius 2 is 1.30 bits per heavy atom. The zero-order chi connectivity index (χ0) is 14.6. The molecule has 0 amide bonds. The van der Waals surface area contributed by atoms with Crippen LogP contribution < -0.4 is 0 Å². The molecular formula is C16H14Cl2N2. The van der Waals surface area contributed by atoms with E-state index in [4.69, 9.17) is 33.7 Å². The van der Waals surface area contributed by atoms with E-state index in [1.165, 1.54) is 0 Å². The molecule has 4 aliphatic rings. The van der Waals surface area contributed by atoms with Gasteiger partial charge in [0.05, 0.1) is 21.9 Å². The van der Waals surface area contributed by atoms with E-state index < -0.39 is 0 Å². The van der Waals surface area contributed by atoms with Gasteiger partial charge >= 0.3 is 0 Å². The van der Waals surface area contributed by atoms with Crippen LogP contribution in [-0.2, 0) is 0 Å². The zero-order valence-electron chi connectivity index (χ0n) is 11.4. The quantitative estimate of drug-likeness (QED) is 0.503. The lowest BCUT2D eigenvalue weighted by atomic mass is 9.61. The van der Waals surface area contributed by atoms with Crippen LogP contribution in [0, 0.1) is 45.3 Å². The maximum Gasteiger partial charge on any atom is 0.0912 e. The van der Waals surface area contributed by atoms with Gasteiger partial charge in [0, 0.05) is 23.0 Å². The highest BCUT2D eigenvalue weighted by molar-refractivity contribution is 6.31. The van der Waals surface area contributed by atoms with Crippen molar-refractivity contribution in [1.29, 1.82) is 10.5 Å². The minimum Gasteiger partial charge on any atom is -0.193 e. The van der Waals surface area contributed by atoms with Crippen molar-refractivity contribution in [3.63, 3.8) is 0 Å². The molecule has 4 rings (SSSR count). The average Bonchev–Trinajstić information content (AvgIpc) is 3.24. The van der Waals surface area contributed by atoms with Gasteiger partial charge in [-0.3, -0.25) is 0 Å². The zero-order valence-corrected chi connectivity index (χ0v) is 12.9. The number of nitrogens with zero attached hydrogens (tertiary/aromatic N) is 2. The Labute approximate surface area is 128 Å². The SMILES string of the molecule is C[C@@]12/C(=C\C#N)[C@@]3(Cl)C[C@H]3[C@]1(C)/C(=C\C#N)[C@@]1(Cl)C[C@@H]21. The molecule has 0 aliphatic heterocycles. The van der Waals surface area contributed by atoms with Gasteiger partial charge in [0.1, 0.15) is 0 Å². The smallest absolute Gasteiger partial charge is 0.0912 e. The molecule has 6 atom stereocenters. The Bertz CT molecular complexity index is 636. The molecule has 0 N–H and O–H groups in total. The number of fused-ring (bicyclic) bond motifs is 5. The van der Waals surface area contributed by atoms with E-state index in [0.29, 0.717) is 11.8 Å². The van der Waals surface area contributed by atoms with Gasteiger partial charge in [0.15, 0.2) is 0 Å². The Kier molecular flexibility index (Phi) is 1.98. The molecule has 4 aliphatic carbocycles. The minimum absolute atomic E-state index is 0.183. The van der Waals surface area contributed by atoms with E-state index in [9.17, 15) is 0 Å². The van der Waals surface area contributed by atoms with Crippen LogP contribution in [0.15, 0.2) is 23.3 Å². The van der Waals surface area contributed by atoms with Crippen molar-refractivity contribution in [2.75, 3.05) is 0 Å². The molecule has 0 aromatic heterocycles. The normalized spacial score (nSPS) is 61.5. The molecule has 0 radical (unpaired) electrons. The maximum atomic E-state index is 9.14. The Balaban J connectivity index is 2.01. The summed E-state index contributed by atoms with van der Waals surface area (Å²) in [7, 11) is 0. The van der Waals surface area contributed by atoms with Crippen LogP contribution in [0.4, 0.5) is 0 Å². The molecule has 0 heterocycles. The van der Waals surface area contributed by atoms with E-state index in [1.807, 2.05) is 0 Å². The second kappa shape index (κ2) is 3.11. The third-order valence-corrected chi connectivity index (χ3v) is 7.93. The summed E-state index contributed by atoms with van der Waals surface area (Å²) in [5.74, 6) is 0.591. The first-order valence-corrected chi connectivity index (χ1v) is 7.66. The second-order valence-corrected chi connectivity index (χ2v) is 8.37. The molecule has 4 fully saturated rings. The fraction of sp³-hybridized carbons (Fsp3) is 0.625. The van der Waals surface area contributed by atoms with Gasteiger partial charge in [-0.2, -0.15) is 10.5 Å². The largest absolute Gasteiger partial charge is 0.193 e. The molecule has 0 bridgehead atoms. The molecule has 0 aromatic rings. The molecule has 0 unspecified atom stereocenters. The highest BCUT2D eigenvalue weighted by Gasteiger charge is 2.89. The molecular weight excluding hydrogens is 291 g/mol. The summed E-state index contributed by atoms with van der Waals surface area (Å²) in [5, 5.41) is 18.3. The van der Waals surface area contributed by atoms with Crippen molar-refractivity contribution < 1.29 is 0 Å². The van der Waals surface area contributed by atoms with Gasteiger partial charge in [-0.15, -0.1) is 23.2 Å². The van der Waals surface area contributed by atoms with Crippen LogP contribution in [0.2, 0.25) is 0 Å². The van der Waals surface area contributed by atoms with E-state index >= 15 is 0 Å². The first-order chi connectivity index (χ1) is 9.31. The van der Waals surface area contributed by atoms with E-state index in [1.54, 1.807) is 12.2 Å². The molecule has 0 spiro atoms. The van der Waals surface area contributed by atoms with Gasteiger partial charge in [0.2, 0.25) is 0 Å². The number of hydrogen-bond acceptors (Lipinski definition) is 2. The summed E-state index contributed by atoms with van der Waals surface area (Å²) in [5.41, 5.74) is 1.74. The second-order valence-electron chi connectivity index (χ2n) is 7.02. The molecule has 2 nitrogen and oxygen atoms in total. The van der Waals surface area contributed by atoms with Crippen molar-refractivity contribution >= 4 is 23.2 Å². The van der Waals surface area contributed by atoms with Crippen LogP contribution in [0.5, 0.6) is 0 Å². The summed E-state index contributed by atoms with van der Waals surface area (Å²) in [6, 6.07) is 4.34. The first kappa shape index (κ1) is 12.8. The average molecular weight is 305 g/mol. The summed E-state index contributed by atoms with van der Waals surface area (Å²) in [6.07, 6.45) is 5.06. The highest BCUT2D eigenvalue weighted by Crippen LogP contribution is 2.91. The highest BCUT2D eigenvalue weighted by atomic mass is 35.5. The lowest BCUT2D eigenvalue weighted by Crippen LogP contribution is -2.37. The van der Waals surface area contributed by atoms with Crippen LogP contribution >= 0.6 is 23.2 Å². The van der Waals surface area contributed by atoms with E-state index in [-0.39, 0.29) is 20.6 Å². The number of halogens is 2. The van der Waals surface area contributed by atoms with E-state index in [0.717, 1.165) is 24.0 Å². The van der Waals surface area contributed by atoms with E-state index in [2.05, 4.69) is 26.0 Å². The van der Waals surface area contributed by atoms with Gasteiger partial charge in [-0.1, -0.05) is 13.8 Å². The standard InChI is InChI=1S/C16H14Cl2N2/c1-13-9(3-5-19)15(17)8-12(15)14(13,2)10(4-6-20)16(18)7-11(13)16/h3-4,11-12H,7-8H2,1-2H3/b9-3+,10-4+/t11-,12-,13-,14-,15-,16-/m0/s1. The summed E-state index contributed by atoms with van der Waals surface area (Å²) < 4.78 is 0. The van der Waals surface area contributed by atoms with Crippen molar-refractivity contribution in [3.05, 3.63) is 23.3 Å². The Morgan fingerprint density at radius 3 is 1.60 bits per heavy atom. The lowest BCUT2D eigenvalue weighted by molar-refractivity contribution is 0.156. The van der Waals surface area contributed by atoms with Crippen molar-refractivity contribution in [2.24, 2.45) is 22.7 Å². The molecule has 4 saturated carbocycles. The van der Waals surface area contributed by atoms with Gasteiger partial charge < -0.3 is 0 Å². The number of allylic oxidation sites excluding steroid dienone is 4. The first-order valence-electron chi connectivity index (χ1n) is 6.91. The minimum atomic E-state index is -0.380. The van der Waals surface area contributed by atoms with Crippen LogP contribution in [0.1, 0.15) is 26.7 Å². The van der Waals surface area contributed by atoms with Gasteiger partial charge in [-0.05, 0) is 35.8 Å². The summed E-state index contributed by atoms with van der Waals surface area (Å²) >= 11 is 13.6. The molecule has 0 saturated heterocycles. The fourth-order valence-electron chi connectivity index (χ4n) is 5.59. The van der Waals surface area contributed by atoms with Crippen LogP contribution in [-0.4, -0.2) is 9.75 Å². The number of hydrogen-bond donors (Lipinski definition) is 0. The monoisotopic (exact) mass is 304 g/mol. The Hall–Kier alpha value is -0.960. The van der Waals surface area contributed by atoms with Crippen LogP contribution in [0.3, 0.4) is 0 Å². The number of rotatable bonds is 0. The number of nitriles is 2. The molecule has 0 aromatic carbocycles. The molecule has 4 heteroatoms. The topological polar surface area (TPSA) is 47.6 Å². The number of alkyl halides is 2.